The highest BCUT2D eigenvalue weighted by Crippen LogP contribution is 2.30. The fourth-order valence-electron chi connectivity index (χ4n) is 2.49. The molecular weight excluding hydrogens is 188 g/mol. The molecule has 0 saturated carbocycles. The zero-order valence-corrected chi connectivity index (χ0v) is 9.57. The van der Waals surface area contributed by atoms with E-state index in [1.807, 2.05) is 0 Å². The van der Waals surface area contributed by atoms with Gasteiger partial charge in [-0.2, -0.15) is 0 Å². The summed E-state index contributed by atoms with van der Waals surface area (Å²) in [4.78, 5) is 0. The maximum absolute atomic E-state index is 6.09. The Labute approximate surface area is 91.2 Å². The second-order valence-corrected chi connectivity index (χ2v) is 4.43. The van der Waals surface area contributed by atoms with E-state index in [2.05, 4.69) is 23.8 Å². The minimum Gasteiger partial charge on any atom is -0.383 e. The SMILES string of the molecule is COCC(C)n1ccc2c1CCCC2N. The molecule has 3 nitrogen and oxygen atoms in total. The molecule has 1 aromatic rings. The monoisotopic (exact) mass is 208 g/mol. The largest absolute Gasteiger partial charge is 0.383 e. The lowest BCUT2D eigenvalue weighted by Crippen LogP contribution is -2.20. The number of nitrogens with zero attached hydrogens (tertiary/aromatic N) is 1. The molecule has 1 heterocycles. The van der Waals surface area contributed by atoms with Gasteiger partial charge in [0.25, 0.3) is 0 Å². The molecule has 0 radical (unpaired) electrons. The van der Waals surface area contributed by atoms with Crippen LogP contribution in [0.3, 0.4) is 0 Å². The van der Waals surface area contributed by atoms with E-state index < -0.39 is 0 Å². The molecule has 2 atom stereocenters. The van der Waals surface area contributed by atoms with Gasteiger partial charge in [0.2, 0.25) is 0 Å². The first-order valence-electron chi connectivity index (χ1n) is 5.68. The third-order valence-corrected chi connectivity index (χ3v) is 3.27. The third-order valence-electron chi connectivity index (χ3n) is 3.27. The Morgan fingerprint density at radius 1 is 1.67 bits per heavy atom. The van der Waals surface area contributed by atoms with Crippen molar-refractivity contribution in [2.75, 3.05) is 13.7 Å². The lowest BCUT2D eigenvalue weighted by Gasteiger charge is -2.23. The van der Waals surface area contributed by atoms with Crippen molar-refractivity contribution < 1.29 is 4.74 Å². The van der Waals surface area contributed by atoms with Gasteiger partial charge in [0.05, 0.1) is 12.6 Å². The lowest BCUT2D eigenvalue weighted by molar-refractivity contribution is 0.161. The van der Waals surface area contributed by atoms with E-state index in [1.165, 1.54) is 17.7 Å². The smallest absolute Gasteiger partial charge is 0.0667 e. The van der Waals surface area contributed by atoms with Crippen LogP contribution in [0.5, 0.6) is 0 Å². The molecule has 2 N–H and O–H groups in total. The Balaban J connectivity index is 2.26. The number of methoxy groups -OCH3 is 1. The van der Waals surface area contributed by atoms with E-state index in [-0.39, 0.29) is 6.04 Å². The molecular formula is C12H20N2O. The van der Waals surface area contributed by atoms with Gasteiger partial charge in [-0.3, -0.25) is 0 Å². The van der Waals surface area contributed by atoms with Gasteiger partial charge in [-0.15, -0.1) is 0 Å². The van der Waals surface area contributed by atoms with Crippen LogP contribution >= 0.6 is 0 Å². The highest BCUT2D eigenvalue weighted by molar-refractivity contribution is 5.28. The summed E-state index contributed by atoms with van der Waals surface area (Å²) in [6.07, 6.45) is 5.64. The van der Waals surface area contributed by atoms with Gasteiger partial charge in [0.1, 0.15) is 0 Å². The summed E-state index contributed by atoms with van der Waals surface area (Å²) in [7, 11) is 1.75. The zero-order chi connectivity index (χ0) is 10.8. The average molecular weight is 208 g/mol. The maximum Gasteiger partial charge on any atom is 0.0667 e. The molecule has 1 aromatic heterocycles. The maximum atomic E-state index is 6.09. The molecule has 15 heavy (non-hydrogen) atoms. The van der Waals surface area contributed by atoms with Gasteiger partial charge in [0, 0.05) is 25.0 Å². The van der Waals surface area contributed by atoms with Crippen LogP contribution in [0.25, 0.3) is 0 Å². The Hall–Kier alpha value is -0.800. The number of ether oxygens (including phenoxy) is 1. The molecule has 84 valence electrons. The van der Waals surface area contributed by atoms with Crippen molar-refractivity contribution in [1.29, 1.82) is 0 Å². The second-order valence-electron chi connectivity index (χ2n) is 4.43. The molecule has 0 spiro atoms. The van der Waals surface area contributed by atoms with E-state index >= 15 is 0 Å². The number of hydrogen-bond acceptors (Lipinski definition) is 2. The van der Waals surface area contributed by atoms with Crippen LogP contribution in [0.2, 0.25) is 0 Å². The molecule has 1 aliphatic rings. The first kappa shape index (κ1) is 10.7. The van der Waals surface area contributed by atoms with E-state index in [4.69, 9.17) is 10.5 Å². The molecule has 0 saturated heterocycles. The van der Waals surface area contributed by atoms with Crippen LogP contribution in [0.4, 0.5) is 0 Å². The van der Waals surface area contributed by atoms with Gasteiger partial charge in [-0.25, -0.2) is 0 Å². The van der Waals surface area contributed by atoms with Crippen LogP contribution in [-0.2, 0) is 11.2 Å². The molecule has 0 fully saturated rings. The number of rotatable bonds is 3. The average Bonchev–Trinajstić information content (AvgIpc) is 2.63. The van der Waals surface area contributed by atoms with Crippen LogP contribution in [0.15, 0.2) is 12.3 Å². The summed E-state index contributed by atoms with van der Waals surface area (Å²) in [5, 5.41) is 0. The molecule has 3 heteroatoms. The van der Waals surface area contributed by atoms with Crippen LogP contribution in [-0.4, -0.2) is 18.3 Å². The Morgan fingerprint density at radius 3 is 3.20 bits per heavy atom. The fraction of sp³-hybridized carbons (Fsp3) is 0.667. The normalized spacial score (nSPS) is 22.5. The second kappa shape index (κ2) is 4.37. The number of aromatic nitrogens is 1. The summed E-state index contributed by atoms with van der Waals surface area (Å²) in [5.74, 6) is 0. The standard InChI is InChI=1S/C12H20N2O/c1-9(8-15-2)14-7-6-10-11(13)4-3-5-12(10)14/h6-7,9,11H,3-5,8,13H2,1-2H3. The van der Waals surface area contributed by atoms with Gasteiger partial charge in [-0.1, -0.05) is 0 Å². The quantitative estimate of drug-likeness (QED) is 0.825. The van der Waals surface area contributed by atoms with Crippen molar-refractivity contribution >= 4 is 0 Å². The van der Waals surface area contributed by atoms with Crippen molar-refractivity contribution in [3.05, 3.63) is 23.5 Å². The van der Waals surface area contributed by atoms with E-state index in [1.54, 1.807) is 7.11 Å². The van der Waals surface area contributed by atoms with Crippen molar-refractivity contribution in [1.82, 2.24) is 4.57 Å². The highest BCUT2D eigenvalue weighted by Gasteiger charge is 2.21. The van der Waals surface area contributed by atoms with Gasteiger partial charge >= 0.3 is 0 Å². The fourth-order valence-corrected chi connectivity index (χ4v) is 2.49. The zero-order valence-electron chi connectivity index (χ0n) is 9.57. The predicted molar refractivity (Wildman–Crippen MR) is 60.9 cm³/mol. The molecule has 2 unspecified atom stereocenters. The summed E-state index contributed by atoms with van der Waals surface area (Å²) < 4.78 is 7.51. The molecule has 0 aliphatic heterocycles. The molecule has 0 bridgehead atoms. The van der Waals surface area contributed by atoms with E-state index in [9.17, 15) is 0 Å². The molecule has 0 aromatic carbocycles. The van der Waals surface area contributed by atoms with Crippen molar-refractivity contribution in [3.8, 4) is 0 Å². The summed E-state index contributed by atoms with van der Waals surface area (Å²) in [6, 6.07) is 2.82. The van der Waals surface area contributed by atoms with Gasteiger partial charge < -0.3 is 15.0 Å². The first-order valence-corrected chi connectivity index (χ1v) is 5.68. The van der Waals surface area contributed by atoms with Crippen LogP contribution in [0.1, 0.15) is 43.1 Å². The summed E-state index contributed by atoms with van der Waals surface area (Å²) in [5.41, 5.74) is 8.84. The lowest BCUT2D eigenvalue weighted by atomic mass is 9.93. The number of fused-ring (bicyclic) bond motifs is 1. The van der Waals surface area contributed by atoms with Crippen LogP contribution in [0, 0.1) is 0 Å². The predicted octanol–water partition coefficient (Wildman–Crippen LogP) is 2.03. The van der Waals surface area contributed by atoms with Crippen molar-refractivity contribution in [2.45, 2.75) is 38.3 Å². The Morgan fingerprint density at radius 2 is 2.47 bits per heavy atom. The molecule has 2 rings (SSSR count). The first-order chi connectivity index (χ1) is 7.24. The molecule has 1 aliphatic carbocycles. The van der Waals surface area contributed by atoms with Gasteiger partial charge in [0.15, 0.2) is 0 Å². The number of nitrogens with two attached hydrogens (primary N) is 1. The van der Waals surface area contributed by atoms with Gasteiger partial charge in [-0.05, 0) is 37.8 Å². The Kier molecular flexibility index (Phi) is 3.12. The summed E-state index contributed by atoms with van der Waals surface area (Å²) in [6.45, 7) is 2.94. The van der Waals surface area contributed by atoms with Crippen molar-refractivity contribution in [3.63, 3.8) is 0 Å². The topological polar surface area (TPSA) is 40.2 Å². The van der Waals surface area contributed by atoms with Crippen LogP contribution < -0.4 is 5.73 Å². The molecule has 0 amide bonds. The van der Waals surface area contributed by atoms with Crippen molar-refractivity contribution in [2.24, 2.45) is 5.73 Å². The highest BCUT2D eigenvalue weighted by atomic mass is 16.5. The Bertz CT molecular complexity index is 332. The minimum atomic E-state index is 0.241. The number of hydrogen-bond donors (Lipinski definition) is 1. The van der Waals surface area contributed by atoms with E-state index in [0.29, 0.717) is 6.04 Å². The third kappa shape index (κ3) is 1.94. The summed E-state index contributed by atoms with van der Waals surface area (Å²) >= 11 is 0. The van der Waals surface area contributed by atoms with E-state index in [0.717, 1.165) is 19.4 Å². The minimum absolute atomic E-state index is 0.241.